The predicted molar refractivity (Wildman–Crippen MR) is 87.6 cm³/mol. The van der Waals surface area contributed by atoms with Crippen LogP contribution in [0.3, 0.4) is 0 Å². The number of nitrogens with zero attached hydrogens (tertiary/aromatic N) is 5. The summed E-state index contributed by atoms with van der Waals surface area (Å²) in [6, 6.07) is 14.1. The van der Waals surface area contributed by atoms with Crippen LogP contribution in [0.4, 0.5) is 10.7 Å². The van der Waals surface area contributed by atoms with Gasteiger partial charge in [0.05, 0.1) is 0 Å². The van der Waals surface area contributed by atoms with Gasteiger partial charge in [-0.3, -0.25) is 4.79 Å². The number of pyridine rings is 1. The minimum atomic E-state index is -0.550. The lowest BCUT2D eigenvalue weighted by molar-refractivity contribution is -0.119. The summed E-state index contributed by atoms with van der Waals surface area (Å²) in [6.45, 7) is 0. The molecule has 1 saturated heterocycles. The van der Waals surface area contributed by atoms with Crippen molar-refractivity contribution in [1.29, 1.82) is 0 Å². The number of carbonyl (C=O) groups excluding carboxylic acids is 2. The van der Waals surface area contributed by atoms with Crippen LogP contribution in [0.2, 0.25) is 0 Å². The third-order valence-electron chi connectivity index (χ3n) is 4.17. The summed E-state index contributed by atoms with van der Waals surface area (Å²) < 4.78 is 1.54. The molecule has 120 valence electrons. The minimum Gasteiger partial charge on any atom is -0.315 e. The lowest BCUT2D eigenvalue weighted by atomic mass is 10.1. The van der Waals surface area contributed by atoms with Crippen molar-refractivity contribution in [2.24, 2.45) is 0 Å². The molecule has 4 rings (SSSR count). The summed E-state index contributed by atoms with van der Waals surface area (Å²) in [5.41, 5.74) is 1.59. The molecule has 0 aliphatic carbocycles. The SMILES string of the molecule is CN1C(=O)N(c2nc3ccccn3n2)C(=O)[C@@H]1Cc1ccccc1. The molecule has 1 aliphatic rings. The third kappa shape index (κ3) is 2.21. The molecule has 0 N–H and O–H groups in total. The number of benzene rings is 1. The molecule has 1 fully saturated rings. The first-order chi connectivity index (χ1) is 11.6. The van der Waals surface area contributed by atoms with Crippen LogP contribution in [0.1, 0.15) is 5.56 Å². The van der Waals surface area contributed by atoms with Gasteiger partial charge in [-0.25, -0.2) is 9.31 Å². The standard InChI is InChI=1S/C17H15N5O2/c1-20-13(11-12-7-3-2-4-8-12)15(23)22(17(20)24)16-18-14-9-5-6-10-21(14)19-16/h2-10,13H,11H2,1H3/t13-/m0/s1. The fraction of sp³-hybridized carbons (Fsp3) is 0.176. The Morgan fingerprint density at radius 3 is 2.54 bits per heavy atom. The van der Waals surface area contributed by atoms with Gasteiger partial charge in [-0.1, -0.05) is 36.4 Å². The number of fused-ring (bicyclic) bond motifs is 1. The van der Waals surface area contributed by atoms with Crippen molar-refractivity contribution in [1.82, 2.24) is 19.5 Å². The predicted octanol–water partition coefficient (Wildman–Crippen LogP) is 1.74. The maximum absolute atomic E-state index is 12.8. The number of carbonyl (C=O) groups is 2. The first-order valence-corrected chi connectivity index (χ1v) is 7.61. The van der Waals surface area contributed by atoms with Crippen LogP contribution in [0.5, 0.6) is 0 Å². The van der Waals surface area contributed by atoms with E-state index >= 15 is 0 Å². The van der Waals surface area contributed by atoms with Gasteiger partial charge >= 0.3 is 6.03 Å². The topological polar surface area (TPSA) is 70.8 Å². The number of hydrogen-bond acceptors (Lipinski definition) is 4. The molecule has 3 amide bonds. The Bertz CT molecular complexity index is 888. The van der Waals surface area contributed by atoms with Crippen molar-refractivity contribution in [3.63, 3.8) is 0 Å². The first-order valence-electron chi connectivity index (χ1n) is 7.61. The summed E-state index contributed by atoms with van der Waals surface area (Å²) in [7, 11) is 1.63. The van der Waals surface area contributed by atoms with Crippen LogP contribution in [-0.4, -0.2) is 44.5 Å². The maximum Gasteiger partial charge on any atom is 0.334 e. The van der Waals surface area contributed by atoms with Gasteiger partial charge in [0, 0.05) is 19.7 Å². The molecule has 1 aromatic carbocycles. The highest BCUT2D eigenvalue weighted by atomic mass is 16.2. The molecule has 1 aliphatic heterocycles. The highest BCUT2D eigenvalue weighted by molar-refractivity contribution is 6.20. The van der Waals surface area contributed by atoms with E-state index in [1.165, 1.54) is 4.90 Å². The Morgan fingerprint density at radius 1 is 1.04 bits per heavy atom. The van der Waals surface area contributed by atoms with E-state index < -0.39 is 12.1 Å². The number of amides is 3. The second-order valence-corrected chi connectivity index (χ2v) is 5.69. The van der Waals surface area contributed by atoms with Crippen LogP contribution in [0.25, 0.3) is 5.65 Å². The molecule has 3 heterocycles. The quantitative estimate of drug-likeness (QED) is 0.689. The summed E-state index contributed by atoms with van der Waals surface area (Å²) in [5.74, 6) is -0.194. The highest BCUT2D eigenvalue weighted by Crippen LogP contribution is 2.24. The minimum absolute atomic E-state index is 0.110. The summed E-state index contributed by atoms with van der Waals surface area (Å²) in [5, 5.41) is 4.23. The van der Waals surface area contributed by atoms with Crippen LogP contribution >= 0.6 is 0 Å². The zero-order chi connectivity index (χ0) is 16.7. The van der Waals surface area contributed by atoms with Crippen molar-refractivity contribution in [2.45, 2.75) is 12.5 Å². The van der Waals surface area contributed by atoms with E-state index in [0.29, 0.717) is 12.1 Å². The van der Waals surface area contributed by atoms with Gasteiger partial charge in [0.15, 0.2) is 5.65 Å². The molecule has 0 unspecified atom stereocenters. The van der Waals surface area contributed by atoms with Gasteiger partial charge in [0.2, 0.25) is 0 Å². The summed E-state index contributed by atoms with van der Waals surface area (Å²) in [6.07, 6.45) is 2.19. The van der Waals surface area contributed by atoms with Gasteiger partial charge in [0.1, 0.15) is 6.04 Å². The molecule has 2 aromatic heterocycles. The second kappa shape index (κ2) is 5.45. The molecule has 7 nitrogen and oxygen atoms in total. The molecule has 7 heteroatoms. The molecule has 3 aromatic rings. The van der Waals surface area contributed by atoms with Gasteiger partial charge in [-0.15, -0.1) is 5.10 Å². The lowest BCUT2D eigenvalue weighted by Gasteiger charge is -2.15. The molecule has 0 spiro atoms. The second-order valence-electron chi connectivity index (χ2n) is 5.69. The molecule has 1 atom stereocenters. The zero-order valence-electron chi connectivity index (χ0n) is 13.0. The molecule has 0 radical (unpaired) electrons. The van der Waals surface area contributed by atoms with E-state index in [1.54, 1.807) is 23.8 Å². The smallest absolute Gasteiger partial charge is 0.315 e. The normalized spacial score (nSPS) is 18.0. The average molecular weight is 321 g/mol. The highest BCUT2D eigenvalue weighted by Gasteiger charge is 2.45. The fourth-order valence-electron chi connectivity index (χ4n) is 2.86. The number of likely N-dealkylation sites (N-methyl/N-ethyl adjacent to an activating group) is 1. The van der Waals surface area contributed by atoms with Crippen molar-refractivity contribution >= 4 is 23.5 Å². The van der Waals surface area contributed by atoms with Crippen molar-refractivity contribution in [3.8, 4) is 0 Å². The van der Waals surface area contributed by atoms with Crippen LogP contribution in [0.15, 0.2) is 54.7 Å². The Labute approximate surface area is 138 Å². The monoisotopic (exact) mass is 321 g/mol. The largest absolute Gasteiger partial charge is 0.334 e. The van der Waals surface area contributed by atoms with Crippen LogP contribution in [0, 0.1) is 0 Å². The van der Waals surface area contributed by atoms with E-state index in [-0.39, 0.29) is 11.9 Å². The molecule has 0 bridgehead atoms. The van der Waals surface area contributed by atoms with E-state index in [1.807, 2.05) is 42.5 Å². The van der Waals surface area contributed by atoms with Crippen molar-refractivity contribution in [3.05, 3.63) is 60.3 Å². The Morgan fingerprint density at radius 2 is 1.79 bits per heavy atom. The van der Waals surface area contributed by atoms with E-state index in [0.717, 1.165) is 10.5 Å². The number of anilines is 1. The van der Waals surface area contributed by atoms with Crippen molar-refractivity contribution in [2.75, 3.05) is 11.9 Å². The number of imide groups is 1. The third-order valence-corrected chi connectivity index (χ3v) is 4.17. The number of rotatable bonds is 3. The molecular weight excluding hydrogens is 306 g/mol. The van der Waals surface area contributed by atoms with Crippen LogP contribution in [-0.2, 0) is 11.2 Å². The maximum atomic E-state index is 12.8. The Kier molecular flexibility index (Phi) is 3.26. The van der Waals surface area contributed by atoms with Gasteiger partial charge in [-0.2, -0.15) is 9.88 Å². The Balaban J connectivity index is 1.67. The van der Waals surface area contributed by atoms with Gasteiger partial charge < -0.3 is 4.90 Å². The van der Waals surface area contributed by atoms with E-state index in [4.69, 9.17) is 0 Å². The van der Waals surface area contributed by atoms with Crippen LogP contribution < -0.4 is 4.90 Å². The number of aromatic nitrogens is 3. The summed E-state index contributed by atoms with van der Waals surface area (Å²) >= 11 is 0. The number of urea groups is 1. The molecule has 24 heavy (non-hydrogen) atoms. The van der Waals surface area contributed by atoms with E-state index in [9.17, 15) is 9.59 Å². The van der Waals surface area contributed by atoms with E-state index in [2.05, 4.69) is 10.1 Å². The van der Waals surface area contributed by atoms with Gasteiger partial charge in [-0.05, 0) is 17.7 Å². The number of hydrogen-bond donors (Lipinski definition) is 0. The van der Waals surface area contributed by atoms with Gasteiger partial charge in [0.25, 0.3) is 11.9 Å². The fourth-order valence-corrected chi connectivity index (χ4v) is 2.86. The average Bonchev–Trinajstić information content (AvgIpc) is 3.11. The molecule has 0 saturated carbocycles. The molecular formula is C17H15N5O2. The lowest BCUT2D eigenvalue weighted by Crippen LogP contribution is -2.33. The Hall–Kier alpha value is -3.22. The zero-order valence-corrected chi connectivity index (χ0v) is 13.0. The first kappa shape index (κ1) is 14.4. The summed E-state index contributed by atoms with van der Waals surface area (Å²) in [4.78, 5) is 32.1. The van der Waals surface area contributed by atoms with Crippen molar-refractivity contribution < 1.29 is 9.59 Å².